The number of benzene rings is 2. The minimum atomic E-state index is 0.103. The quantitative estimate of drug-likeness (QED) is 0.882. The molecule has 1 saturated carbocycles. The minimum absolute atomic E-state index is 0.103. The Morgan fingerprint density at radius 2 is 1.85 bits per heavy atom. The summed E-state index contributed by atoms with van der Waals surface area (Å²) < 4.78 is 0. The van der Waals surface area contributed by atoms with E-state index in [2.05, 4.69) is 42.6 Å². The molecule has 2 aromatic rings. The Balaban J connectivity index is 1.56. The molecule has 104 valence electrons. The van der Waals surface area contributed by atoms with Crippen molar-refractivity contribution in [3.63, 3.8) is 0 Å². The SMILES string of the molecule is Cc1ccc(C2CC(Nc3cccc(CO)c3)C2)cc1. The molecule has 1 fully saturated rings. The van der Waals surface area contributed by atoms with Gasteiger partial charge in [0.2, 0.25) is 0 Å². The van der Waals surface area contributed by atoms with E-state index < -0.39 is 0 Å². The summed E-state index contributed by atoms with van der Waals surface area (Å²) in [5.41, 5.74) is 4.86. The molecular formula is C18H21NO. The van der Waals surface area contributed by atoms with Crippen LogP contribution >= 0.6 is 0 Å². The van der Waals surface area contributed by atoms with Crippen LogP contribution in [-0.2, 0) is 6.61 Å². The molecule has 0 radical (unpaired) electrons. The van der Waals surface area contributed by atoms with Crippen LogP contribution in [0.3, 0.4) is 0 Å². The van der Waals surface area contributed by atoms with Gasteiger partial charge in [-0.3, -0.25) is 0 Å². The molecule has 0 atom stereocenters. The van der Waals surface area contributed by atoms with Gasteiger partial charge >= 0.3 is 0 Å². The lowest BCUT2D eigenvalue weighted by molar-refractivity contribution is 0.282. The van der Waals surface area contributed by atoms with Gasteiger partial charge in [-0.15, -0.1) is 0 Å². The first-order valence-electron chi connectivity index (χ1n) is 7.27. The Kier molecular flexibility index (Phi) is 3.75. The lowest BCUT2D eigenvalue weighted by atomic mass is 9.75. The van der Waals surface area contributed by atoms with Crippen molar-refractivity contribution in [2.45, 2.75) is 38.3 Å². The summed E-state index contributed by atoms with van der Waals surface area (Å²) in [5.74, 6) is 0.689. The highest BCUT2D eigenvalue weighted by molar-refractivity contribution is 5.47. The van der Waals surface area contributed by atoms with Crippen LogP contribution in [-0.4, -0.2) is 11.1 Å². The summed E-state index contributed by atoms with van der Waals surface area (Å²) in [4.78, 5) is 0. The summed E-state index contributed by atoms with van der Waals surface area (Å²) >= 11 is 0. The molecule has 0 amide bonds. The van der Waals surface area contributed by atoms with E-state index in [1.807, 2.05) is 18.2 Å². The van der Waals surface area contributed by atoms with Gasteiger partial charge in [0.25, 0.3) is 0 Å². The maximum Gasteiger partial charge on any atom is 0.0682 e. The van der Waals surface area contributed by atoms with E-state index in [1.54, 1.807) is 0 Å². The largest absolute Gasteiger partial charge is 0.392 e. The van der Waals surface area contributed by atoms with E-state index in [9.17, 15) is 0 Å². The first-order valence-corrected chi connectivity index (χ1v) is 7.27. The smallest absolute Gasteiger partial charge is 0.0682 e. The number of aliphatic hydroxyl groups excluding tert-OH is 1. The van der Waals surface area contributed by atoms with Gasteiger partial charge in [-0.05, 0) is 48.9 Å². The van der Waals surface area contributed by atoms with Gasteiger partial charge in [0.15, 0.2) is 0 Å². The fourth-order valence-corrected chi connectivity index (χ4v) is 2.84. The van der Waals surface area contributed by atoms with Gasteiger partial charge in [-0.1, -0.05) is 42.0 Å². The van der Waals surface area contributed by atoms with Crippen molar-refractivity contribution >= 4 is 5.69 Å². The highest BCUT2D eigenvalue weighted by Gasteiger charge is 2.29. The molecule has 20 heavy (non-hydrogen) atoms. The number of hydrogen-bond acceptors (Lipinski definition) is 2. The van der Waals surface area contributed by atoms with E-state index in [0.29, 0.717) is 12.0 Å². The first kappa shape index (κ1) is 13.2. The third kappa shape index (κ3) is 2.86. The first-order chi connectivity index (χ1) is 9.74. The van der Waals surface area contributed by atoms with Crippen molar-refractivity contribution in [2.24, 2.45) is 0 Å². The van der Waals surface area contributed by atoms with Gasteiger partial charge in [0, 0.05) is 11.7 Å². The third-order valence-electron chi connectivity index (χ3n) is 4.17. The maximum absolute atomic E-state index is 9.15. The van der Waals surface area contributed by atoms with Crippen LogP contribution in [0.2, 0.25) is 0 Å². The average Bonchev–Trinajstić information content (AvgIpc) is 2.44. The maximum atomic E-state index is 9.15. The molecule has 0 saturated heterocycles. The second-order valence-corrected chi connectivity index (χ2v) is 5.78. The molecule has 0 spiro atoms. The molecule has 0 aromatic heterocycles. The molecule has 0 heterocycles. The lowest BCUT2D eigenvalue weighted by Crippen LogP contribution is -2.34. The van der Waals surface area contributed by atoms with Gasteiger partial charge in [0.05, 0.1) is 6.61 Å². The number of nitrogens with one attached hydrogen (secondary N) is 1. The predicted octanol–water partition coefficient (Wildman–Crippen LogP) is 3.85. The van der Waals surface area contributed by atoms with Crippen molar-refractivity contribution in [1.82, 2.24) is 0 Å². The van der Waals surface area contributed by atoms with E-state index in [-0.39, 0.29) is 6.61 Å². The van der Waals surface area contributed by atoms with Crippen LogP contribution in [0.4, 0.5) is 5.69 Å². The molecule has 1 aliphatic carbocycles. The van der Waals surface area contributed by atoms with E-state index in [1.165, 1.54) is 24.0 Å². The number of aliphatic hydroxyl groups is 1. The predicted molar refractivity (Wildman–Crippen MR) is 82.9 cm³/mol. The van der Waals surface area contributed by atoms with Gasteiger partial charge in [-0.2, -0.15) is 0 Å². The van der Waals surface area contributed by atoms with Gasteiger partial charge in [0.1, 0.15) is 0 Å². The van der Waals surface area contributed by atoms with Crippen LogP contribution in [0.15, 0.2) is 48.5 Å². The monoisotopic (exact) mass is 267 g/mol. The lowest BCUT2D eigenvalue weighted by Gasteiger charge is -2.37. The highest BCUT2D eigenvalue weighted by Crippen LogP contribution is 2.38. The summed E-state index contributed by atoms with van der Waals surface area (Å²) in [7, 11) is 0. The Hall–Kier alpha value is -1.80. The van der Waals surface area contributed by atoms with Gasteiger partial charge < -0.3 is 10.4 Å². The zero-order valence-corrected chi connectivity index (χ0v) is 11.8. The second kappa shape index (κ2) is 5.68. The van der Waals surface area contributed by atoms with Crippen LogP contribution < -0.4 is 5.32 Å². The molecule has 3 rings (SSSR count). The van der Waals surface area contributed by atoms with E-state index in [0.717, 1.165) is 11.3 Å². The zero-order valence-electron chi connectivity index (χ0n) is 11.8. The molecule has 2 heteroatoms. The highest BCUT2D eigenvalue weighted by atomic mass is 16.3. The van der Waals surface area contributed by atoms with E-state index in [4.69, 9.17) is 5.11 Å². The Bertz CT molecular complexity index is 570. The third-order valence-corrected chi connectivity index (χ3v) is 4.17. The van der Waals surface area contributed by atoms with Crippen LogP contribution in [0.25, 0.3) is 0 Å². The fourth-order valence-electron chi connectivity index (χ4n) is 2.84. The molecule has 2 nitrogen and oxygen atoms in total. The summed E-state index contributed by atoms with van der Waals surface area (Å²) in [6, 6.07) is 17.5. The minimum Gasteiger partial charge on any atom is -0.392 e. The Morgan fingerprint density at radius 3 is 2.55 bits per heavy atom. The summed E-state index contributed by atoms with van der Waals surface area (Å²) in [5, 5.41) is 12.7. The van der Waals surface area contributed by atoms with Crippen molar-refractivity contribution in [3.05, 3.63) is 65.2 Å². The normalized spacial score (nSPS) is 21.3. The number of hydrogen-bond donors (Lipinski definition) is 2. The molecule has 0 aliphatic heterocycles. The number of rotatable bonds is 4. The fraction of sp³-hybridized carbons (Fsp3) is 0.333. The standard InChI is InChI=1S/C18H21NO/c1-13-5-7-15(8-6-13)16-10-18(11-16)19-17-4-2-3-14(9-17)12-20/h2-9,16,18-20H,10-12H2,1H3. The van der Waals surface area contributed by atoms with E-state index >= 15 is 0 Å². The molecule has 2 aromatic carbocycles. The zero-order chi connectivity index (χ0) is 13.9. The van der Waals surface area contributed by atoms with Crippen LogP contribution in [0.1, 0.15) is 35.4 Å². The molecule has 1 aliphatic rings. The van der Waals surface area contributed by atoms with Gasteiger partial charge in [-0.25, -0.2) is 0 Å². The molecule has 0 unspecified atom stereocenters. The topological polar surface area (TPSA) is 32.3 Å². The van der Waals surface area contributed by atoms with Crippen molar-refractivity contribution in [1.29, 1.82) is 0 Å². The van der Waals surface area contributed by atoms with Crippen molar-refractivity contribution in [2.75, 3.05) is 5.32 Å². The number of anilines is 1. The molecule has 2 N–H and O–H groups in total. The van der Waals surface area contributed by atoms with Crippen molar-refractivity contribution in [3.8, 4) is 0 Å². The Labute approximate surface area is 120 Å². The number of aryl methyl sites for hydroxylation is 1. The van der Waals surface area contributed by atoms with Crippen LogP contribution in [0.5, 0.6) is 0 Å². The summed E-state index contributed by atoms with van der Waals surface area (Å²) in [6.45, 7) is 2.23. The second-order valence-electron chi connectivity index (χ2n) is 5.78. The summed E-state index contributed by atoms with van der Waals surface area (Å²) in [6.07, 6.45) is 2.37. The Morgan fingerprint density at radius 1 is 1.10 bits per heavy atom. The van der Waals surface area contributed by atoms with Crippen LogP contribution in [0, 0.1) is 6.92 Å². The molecule has 0 bridgehead atoms. The molecular weight excluding hydrogens is 246 g/mol. The van der Waals surface area contributed by atoms with Crippen molar-refractivity contribution < 1.29 is 5.11 Å². The average molecular weight is 267 g/mol.